The molecule has 0 amide bonds. The summed E-state index contributed by atoms with van der Waals surface area (Å²) in [6, 6.07) is 0. The second kappa shape index (κ2) is 1.94. The van der Waals surface area contributed by atoms with Crippen molar-refractivity contribution < 1.29 is 4.55 Å². The Morgan fingerprint density at radius 2 is 2.71 bits per heavy atom. The first-order valence-corrected chi connectivity index (χ1v) is 2.37. The van der Waals surface area contributed by atoms with Gasteiger partial charge in [0.2, 0.25) is 5.16 Å². The standard InChI is InChI=1S/C2H3N3OS/c6-7-2-3-1-4-5-2/h1,6H,(H,3,4,5). The largest absolute Gasteiger partial charge is 0.323 e. The highest BCUT2D eigenvalue weighted by atomic mass is 32.2. The highest BCUT2D eigenvalue weighted by Crippen LogP contribution is 2.01. The minimum absolute atomic E-state index is 0.417. The predicted octanol–water partition coefficient (Wildman–Crippen LogP) is 0.370. The van der Waals surface area contributed by atoms with Gasteiger partial charge in [-0.2, -0.15) is 5.10 Å². The molecule has 0 saturated heterocycles. The van der Waals surface area contributed by atoms with Gasteiger partial charge in [-0.3, -0.25) is 5.10 Å². The molecule has 1 aromatic rings. The summed E-state index contributed by atoms with van der Waals surface area (Å²) in [6.45, 7) is 0. The van der Waals surface area contributed by atoms with Gasteiger partial charge in [0.05, 0.1) is 12.0 Å². The molecule has 1 heterocycles. The van der Waals surface area contributed by atoms with Crippen LogP contribution in [0.4, 0.5) is 0 Å². The second-order valence-corrected chi connectivity index (χ2v) is 1.45. The first kappa shape index (κ1) is 4.61. The van der Waals surface area contributed by atoms with E-state index in [-0.39, 0.29) is 0 Å². The average Bonchev–Trinajstić information content (AvgIpc) is 2.14. The fourth-order valence-electron chi connectivity index (χ4n) is 0.238. The smallest absolute Gasteiger partial charge is 0.210 e. The zero-order chi connectivity index (χ0) is 5.11. The van der Waals surface area contributed by atoms with Crippen LogP contribution in [0.5, 0.6) is 0 Å². The van der Waals surface area contributed by atoms with Gasteiger partial charge in [0.15, 0.2) is 0 Å². The molecule has 0 aliphatic carbocycles. The lowest BCUT2D eigenvalue weighted by atomic mass is 11.3. The van der Waals surface area contributed by atoms with Crippen molar-refractivity contribution >= 4 is 12.0 Å². The maximum Gasteiger partial charge on any atom is 0.210 e. The van der Waals surface area contributed by atoms with Crippen molar-refractivity contribution in [1.29, 1.82) is 0 Å². The van der Waals surface area contributed by atoms with Crippen molar-refractivity contribution in [3.8, 4) is 0 Å². The van der Waals surface area contributed by atoms with E-state index in [1.807, 2.05) is 0 Å². The number of H-pyrrole nitrogens is 1. The van der Waals surface area contributed by atoms with Crippen LogP contribution in [0, 0.1) is 0 Å². The summed E-state index contributed by atoms with van der Waals surface area (Å²) in [4.78, 5) is 3.58. The van der Waals surface area contributed by atoms with E-state index in [0.717, 1.165) is 0 Å². The van der Waals surface area contributed by atoms with Gasteiger partial charge in [-0.25, -0.2) is 4.98 Å². The molecule has 0 radical (unpaired) electrons. The summed E-state index contributed by atoms with van der Waals surface area (Å²) < 4.78 is 8.21. The lowest BCUT2D eigenvalue weighted by molar-refractivity contribution is 0.655. The molecule has 0 aliphatic rings. The monoisotopic (exact) mass is 117 g/mol. The number of hydrogen-bond acceptors (Lipinski definition) is 4. The van der Waals surface area contributed by atoms with Crippen molar-refractivity contribution in [2.24, 2.45) is 0 Å². The molecule has 5 heteroatoms. The van der Waals surface area contributed by atoms with Crippen LogP contribution in [0.25, 0.3) is 0 Å². The molecule has 0 unspecified atom stereocenters. The quantitative estimate of drug-likeness (QED) is 0.521. The summed E-state index contributed by atoms with van der Waals surface area (Å²) in [7, 11) is 0. The molecule has 0 bridgehead atoms. The number of aromatic amines is 1. The van der Waals surface area contributed by atoms with Gasteiger partial charge in [-0.1, -0.05) is 0 Å². The number of nitrogens with zero attached hydrogens (tertiary/aromatic N) is 2. The SMILES string of the molecule is OSc1ncn[nH]1. The molecule has 0 saturated carbocycles. The molecule has 7 heavy (non-hydrogen) atoms. The van der Waals surface area contributed by atoms with E-state index >= 15 is 0 Å². The van der Waals surface area contributed by atoms with Crippen LogP contribution in [0.2, 0.25) is 0 Å². The highest BCUT2D eigenvalue weighted by Gasteiger charge is 1.87. The van der Waals surface area contributed by atoms with Crippen molar-refractivity contribution in [3.63, 3.8) is 0 Å². The van der Waals surface area contributed by atoms with E-state index in [1.165, 1.54) is 6.33 Å². The van der Waals surface area contributed by atoms with Crippen molar-refractivity contribution in [1.82, 2.24) is 15.2 Å². The first-order valence-electron chi connectivity index (χ1n) is 1.60. The van der Waals surface area contributed by atoms with E-state index < -0.39 is 0 Å². The summed E-state index contributed by atoms with van der Waals surface area (Å²) in [6.07, 6.45) is 1.33. The third-order valence-corrected chi connectivity index (χ3v) is 0.849. The highest BCUT2D eigenvalue weighted by molar-refractivity contribution is 7.93. The minimum Gasteiger partial charge on any atom is -0.323 e. The lowest BCUT2D eigenvalue weighted by Crippen LogP contribution is -1.68. The van der Waals surface area contributed by atoms with Gasteiger partial charge in [-0.05, 0) is 0 Å². The molecule has 0 aliphatic heterocycles. The Balaban J connectivity index is 2.76. The van der Waals surface area contributed by atoms with Gasteiger partial charge in [-0.15, -0.1) is 0 Å². The van der Waals surface area contributed by atoms with E-state index in [4.69, 9.17) is 4.55 Å². The zero-order valence-corrected chi connectivity index (χ0v) is 4.14. The Bertz CT molecular complexity index is 127. The van der Waals surface area contributed by atoms with E-state index in [0.29, 0.717) is 17.2 Å². The van der Waals surface area contributed by atoms with Crippen LogP contribution in [0.3, 0.4) is 0 Å². The van der Waals surface area contributed by atoms with Gasteiger partial charge in [0.25, 0.3) is 0 Å². The van der Waals surface area contributed by atoms with Crippen LogP contribution in [-0.4, -0.2) is 19.7 Å². The van der Waals surface area contributed by atoms with Crippen LogP contribution >= 0.6 is 12.0 Å². The summed E-state index contributed by atoms with van der Waals surface area (Å²) in [5.74, 6) is 0. The fraction of sp³-hybridized carbons (Fsp3) is 0. The molecule has 4 nitrogen and oxygen atoms in total. The third-order valence-electron chi connectivity index (χ3n) is 0.479. The van der Waals surface area contributed by atoms with Gasteiger partial charge < -0.3 is 4.55 Å². The number of nitrogens with one attached hydrogen (secondary N) is 1. The Hall–Kier alpha value is -0.550. The van der Waals surface area contributed by atoms with E-state index in [2.05, 4.69) is 15.2 Å². The molecule has 0 atom stereocenters. The molecule has 1 rings (SSSR count). The zero-order valence-electron chi connectivity index (χ0n) is 3.33. The molecule has 0 spiro atoms. The summed E-state index contributed by atoms with van der Waals surface area (Å²) in [5, 5.41) is 6.33. The molecule has 38 valence electrons. The van der Waals surface area contributed by atoms with Gasteiger partial charge >= 0.3 is 0 Å². The molecule has 1 aromatic heterocycles. The number of hydrogen-bond donors (Lipinski definition) is 2. The maximum atomic E-state index is 8.21. The van der Waals surface area contributed by atoms with Crippen LogP contribution < -0.4 is 0 Å². The number of rotatable bonds is 1. The molecule has 0 aromatic carbocycles. The van der Waals surface area contributed by atoms with Crippen molar-refractivity contribution in [2.45, 2.75) is 5.16 Å². The second-order valence-electron chi connectivity index (χ2n) is 0.882. The van der Waals surface area contributed by atoms with Gasteiger partial charge in [0, 0.05) is 0 Å². The molecular formula is C2H3N3OS. The average molecular weight is 117 g/mol. The Morgan fingerprint density at radius 3 is 3.00 bits per heavy atom. The van der Waals surface area contributed by atoms with E-state index in [9.17, 15) is 0 Å². The summed E-state index contributed by atoms with van der Waals surface area (Å²) >= 11 is 0.546. The lowest BCUT2D eigenvalue weighted by Gasteiger charge is -1.75. The minimum atomic E-state index is 0.417. The van der Waals surface area contributed by atoms with Crippen molar-refractivity contribution in [2.75, 3.05) is 0 Å². The topological polar surface area (TPSA) is 61.8 Å². The van der Waals surface area contributed by atoms with Crippen molar-refractivity contribution in [3.05, 3.63) is 6.33 Å². The molecule has 2 N–H and O–H groups in total. The Morgan fingerprint density at radius 1 is 1.86 bits per heavy atom. The Labute approximate surface area is 44.2 Å². The first-order chi connectivity index (χ1) is 3.43. The predicted molar refractivity (Wildman–Crippen MR) is 24.9 cm³/mol. The summed E-state index contributed by atoms with van der Waals surface area (Å²) in [5.41, 5.74) is 0. The van der Waals surface area contributed by atoms with E-state index in [1.54, 1.807) is 0 Å². The molecule has 0 fully saturated rings. The van der Waals surface area contributed by atoms with Gasteiger partial charge in [0.1, 0.15) is 6.33 Å². The fourth-order valence-corrected chi connectivity index (χ4v) is 0.426. The van der Waals surface area contributed by atoms with Crippen LogP contribution in [0.1, 0.15) is 0 Å². The van der Waals surface area contributed by atoms with Crippen LogP contribution in [-0.2, 0) is 0 Å². The Kier molecular flexibility index (Phi) is 1.28. The normalized spacial score (nSPS) is 9.29. The maximum absolute atomic E-state index is 8.21. The van der Waals surface area contributed by atoms with Crippen LogP contribution in [0.15, 0.2) is 11.5 Å². The third kappa shape index (κ3) is 0.908. The molecular weight excluding hydrogens is 114 g/mol. The number of aromatic nitrogens is 3.